The Morgan fingerprint density at radius 2 is 1.58 bits per heavy atom. The van der Waals surface area contributed by atoms with Crippen molar-refractivity contribution in [3.8, 4) is 0 Å². The van der Waals surface area contributed by atoms with Crippen LogP contribution >= 0.6 is 43.5 Å². The molecule has 2 N–H and O–H groups in total. The summed E-state index contributed by atoms with van der Waals surface area (Å²) in [5.74, 6) is -1.62. The summed E-state index contributed by atoms with van der Waals surface area (Å²) in [4.78, 5) is 21.5. The van der Waals surface area contributed by atoms with Crippen LogP contribution in [0.1, 0.15) is 0 Å². The fraction of sp³-hybridized carbons (Fsp3) is 0.500. The molecule has 0 aliphatic heterocycles. The van der Waals surface area contributed by atoms with Crippen molar-refractivity contribution in [2.75, 3.05) is 12.5 Å². The minimum absolute atomic E-state index is 0.686. The lowest BCUT2D eigenvalue weighted by molar-refractivity contribution is -0.138. The monoisotopic (exact) mass is 244 g/mol. The van der Waals surface area contributed by atoms with Crippen LogP contribution in [0.4, 0.5) is 0 Å². The Morgan fingerprint density at radius 1 is 1.17 bits per heavy atom. The van der Waals surface area contributed by atoms with Crippen LogP contribution in [-0.2, 0) is 9.59 Å². The van der Waals surface area contributed by atoms with Gasteiger partial charge >= 0.3 is 11.8 Å². The normalized spacial score (nSPS) is 9.50. The summed E-state index contributed by atoms with van der Waals surface area (Å²) >= 11 is 0. The fourth-order valence-electron chi connectivity index (χ4n) is 0.305. The second kappa shape index (κ2) is 6.81. The van der Waals surface area contributed by atoms with E-state index < -0.39 is 11.8 Å². The van der Waals surface area contributed by atoms with Gasteiger partial charge in [0.1, 0.15) is 0 Å². The van der Waals surface area contributed by atoms with E-state index in [2.05, 4.69) is 0 Å². The largest absolute Gasteiger partial charge is 0.361 e. The van der Waals surface area contributed by atoms with Gasteiger partial charge in [-0.2, -0.15) is 3.71 Å². The number of rotatable bonds is 4. The van der Waals surface area contributed by atoms with E-state index in [1.54, 1.807) is 0 Å². The summed E-state index contributed by atoms with van der Waals surface area (Å²) in [6.07, 6.45) is 3.62. The molecule has 0 aromatic heterocycles. The van der Waals surface area contributed by atoms with E-state index in [-0.39, 0.29) is 0 Å². The van der Waals surface area contributed by atoms with Crippen LogP contribution in [0, 0.1) is 0 Å². The van der Waals surface area contributed by atoms with Crippen molar-refractivity contribution in [2.24, 2.45) is 5.73 Å². The van der Waals surface area contributed by atoms with Gasteiger partial charge in [-0.1, -0.05) is 21.6 Å². The van der Waals surface area contributed by atoms with Gasteiger partial charge in [0.05, 0.1) is 0 Å². The van der Waals surface area contributed by atoms with Gasteiger partial charge in [-0.05, 0) is 12.5 Å². The van der Waals surface area contributed by atoms with Gasteiger partial charge in [-0.25, -0.2) is 0 Å². The lowest BCUT2D eigenvalue weighted by Crippen LogP contribution is -2.31. The zero-order valence-electron chi connectivity index (χ0n) is 6.47. The van der Waals surface area contributed by atoms with Gasteiger partial charge in [0.15, 0.2) is 0 Å². The van der Waals surface area contributed by atoms with Crippen molar-refractivity contribution in [1.29, 1.82) is 0 Å². The van der Waals surface area contributed by atoms with Gasteiger partial charge in [0.25, 0.3) is 0 Å². The summed E-state index contributed by atoms with van der Waals surface area (Å²) in [7, 11) is 5.11. The van der Waals surface area contributed by atoms with Crippen LogP contribution in [0.5, 0.6) is 0 Å². The molecule has 0 aliphatic carbocycles. The van der Waals surface area contributed by atoms with E-state index in [1.165, 1.54) is 47.3 Å². The van der Waals surface area contributed by atoms with E-state index in [9.17, 15) is 9.59 Å². The van der Waals surface area contributed by atoms with Crippen LogP contribution in [0.3, 0.4) is 0 Å². The zero-order chi connectivity index (χ0) is 9.56. The maximum Gasteiger partial charge on any atom is 0.333 e. The molecule has 0 radical (unpaired) electrons. The summed E-state index contributed by atoms with van der Waals surface area (Å²) < 4.78 is 1.25. The predicted octanol–water partition coefficient (Wildman–Crippen LogP) is 1.15. The van der Waals surface area contributed by atoms with Crippen LogP contribution in [0.25, 0.3) is 0 Å². The Morgan fingerprint density at radius 3 is 1.83 bits per heavy atom. The molecule has 8 heteroatoms. The van der Waals surface area contributed by atoms with Crippen molar-refractivity contribution in [2.45, 2.75) is 0 Å². The van der Waals surface area contributed by atoms with Crippen molar-refractivity contribution < 1.29 is 9.59 Å². The molecular weight excluding hydrogens is 236 g/mol. The minimum atomic E-state index is -0.932. The van der Waals surface area contributed by atoms with Crippen LogP contribution in [0.2, 0.25) is 0 Å². The smallest absolute Gasteiger partial charge is 0.333 e. The van der Waals surface area contributed by atoms with E-state index in [1.807, 2.05) is 12.5 Å². The van der Waals surface area contributed by atoms with Gasteiger partial charge in [-0.3, -0.25) is 9.59 Å². The molecule has 2 amide bonds. The highest BCUT2D eigenvalue weighted by atomic mass is 33.1. The number of hydrogen-bond donors (Lipinski definition) is 1. The molecule has 0 rings (SSSR count). The summed E-state index contributed by atoms with van der Waals surface area (Å²) in [6, 6.07) is 0. The number of amides is 2. The molecule has 0 atom stereocenters. The zero-order valence-corrected chi connectivity index (χ0v) is 9.74. The molecule has 0 aliphatic rings. The molecule has 0 fully saturated rings. The average molecular weight is 244 g/mol. The van der Waals surface area contributed by atoms with E-state index >= 15 is 0 Å². The molecule has 0 saturated heterocycles. The molecule has 12 heavy (non-hydrogen) atoms. The van der Waals surface area contributed by atoms with E-state index in [4.69, 9.17) is 5.73 Å². The van der Waals surface area contributed by atoms with Crippen LogP contribution < -0.4 is 5.73 Å². The van der Waals surface area contributed by atoms with E-state index in [0.29, 0.717) is 0 Å². The number of primary amides is 1. The maximum atomic E-state index is 11.0. The first-order valence-electron chi connectivity index (χ1n) is 2.69. The first-order valence-corrected chi connectivity index (χ1v) is 7.72. The Labute approximate surface area is 86.8 Å². The van der Waals surface area contributed by atoms with Crippen molar-refractivity contribution >= 4 is 55.4 Å². The van der Waals surface area contributed by atoms with E-state index in [0.717, 1.165) is 0 Å². The standard InChI is InChI=1S/C4H8N2O2S4/c1-9-11-6(12-10-2)4(8)3(5)7/h1-2H3,(H2,5,7). The molecule has 0 aromatic rings. The highest BCUT2D eigenvalue weighted by Gasteiger charge is 2.20. The second-order valence-corrected chi connectivity index (χ2v) is 6.23. The molecule has 70 valence electrons. The third-order valence-electron chi connectivity index (χ3n) is 0.661. The Kier molecular flexibility index (Phi) is 7.01. The van der Waals surface area contributed by atoms with Crippen molar-refractivity contribution in [1.82, 2.24) is 3.71 Å². The number of nitrogens with two attached hydrogens (primary N) is 1. The van der Waals surface area contributed by atoms with Crippen LogP contribution in [0.15, 0.2) is 0 Å². The molecule has 0 bridgehead atoms. The van der Waals surface area contributed by atoms with Crippen LogP contribution in [-0.4, -0.2) is 28.0 Å². The summed E-state index contributed by atoms with van der Waals surface area (Å²) in [6.45, 7) is 0. The van der Waals surface area contributed by atoms with Crippen molar-refractivity contribution in [3.05, 3.63) is 0 Å². The van der Waals surface area contributed by atoms with Gasteiger partial charge in [0.2, 0.25) is 0 Å². The van der Waals surface area contributed by atoms with Gasteiger partial charge in [0, 0.05) is 22.0 Å². The molecule has 0 saturated carbocycles. The second-order valence-electron chi connectivity index (χ2n) is 1.41. The third kappa shape index (κ3) is 4.39. The summed E-state index contributed by atoms with van der Waals surface area (Å²) in [5.41, 5.74) is 4.82. The Balaban J connectivity index is 4.08. The molecular formula is C4H8N2O2S4. The first kappa shape index (κ1) is 12.3. The van der Waals surface area contributed by atoms with Gasteiger partial charge in [-0.15, -0.1) is 0 Å². The molecule has 0 aromatic carbocycles. The predicted molar refractivity (Wildman–Crippen MR) is 58.3 cm³/mol. The third-order valence-corrected chi connectivity index (χ3v) is 4.36. The Hall–Kier alpha value is 0.340. The summed E-state index contributed by atoms with van der Waals surface area (Å²) in [5, 5.41) is 0. The lowest BCUT2D eigenvalue weighted by atomic mass is 10.6. The number of carbonyl (C=O) groups excluding carboxylic acids is 2. The quantitative estimate of drug-likeness (QED) is 0.455. The molecule has 0 unspecified atom stereocenters. The Bertz CT molecular complexity index is 170. The highest BCUT2D eigenvalue weighted by molar-refractivity contribution is 8.83. The molecule has 0 heterocycles. The molecule has 4 nitrogen and oxygen atoms in total. The fourth-order valence-corrected chi connectivity index (χ4v) is 4.20. The minimum Gasteiger partial charge on any atom is -0.361 e. The molecule has 0 spiro atoms. The number of carbonyl (C=O) groups is 2. The SMILES string of the molecule is CSSN(SSC)C(=O)C(N)=O. The van der Waals surface area contributed by atoms with Crippen molar-refractivity contribution in [3.63, 3.8) is 0 Å². The highest BCUT2D eigenvalue weighted by Crippen LogP contribution is 2.35. The maximum absolute atomic E-state index is 11.0. The number of nitrogens with zero attached hydrogens (tertiary/aromatic N) is 1. The lowest BCUT2D eigenvalue weighted by Gasteiger charge is -2.13. The topological polar surface area (TPSA) is 63.4 Å². The number of hydrogen-bond acceptors (Lipinski definition) is 6. The first-order chi connectivity index (χ1) is 5.63. The average Bonchev–Trinajstić information content (AvgIpc) is 2.03. The van der Waals surface area contributed by atoms with Gasteiger partial charge < -0.3 is 5.73 Å².